The van der Waals surface area contributed by atoms with E-state index < -0.39 is 0 Å². The first-order chi connectivity index (χ1) is 8.70. The molecule has 2 aromatic carbocycles. The van der Waals surface area contributed by atoms with Crippen LogP contribution in [0, 0.1) is 0 Å². The largest absolute Gasteiger partial charge is 0.298 e. The summed E-state index contributed by atoms with van der Waals surface area (Å²) >= 11 is 13.7. The molecule has 0 spiro atoms. The number of hydrogen-bond donors (Lipinski definition) is 0. The van der Waals surface area contributed by atoms with Crippen molar-refractivity contribution in [1.82, 2.24) is 0 Å². The summed E-state index contributed by atoms with van der Waals surface area (Å²) in [7, 11) is 0. The fourth-order valence-corrected chi connectivity index (χ4v) is 2.98. The maximum atomic E-state index is 10.7. The lowest BCUT2D eigenvalue weighted by Crippen LogP contribution is -1.84. The van der Waals surface area contributed by atoms with Gasteiger partial charge in [0.15, 0.2) is 6.29 Å². The van der Waals surface area contributed by atoms with Gasteiger partial charge in [0.25, 0.3) is 0 Å². The molecular formula is C14H10Cl2OS. The molecule has 0 amide bonds. The SMILES string of the molecule is O=Cc1ccc(SCc2ccccc2Cl)cc1Cl. The van der Waals surface area contributed by atoms with Crippen LogP contribution in [0.5, 0.6) is 0 Å². The Kier molecular flexibility index (Phi) is 4.70. The minimum Gasteiger partial charge on any atom is -0.298 e. The molecule has 0 atom stereocenters. The molecule has 18 heavy (non-hydrogen) atoms. The van der Waals surface area contributed by atoms with Crippen molar-refractivity contribution in [1.29, 1.82) is 0 Å². The quantitative estimate of drug-likeness (QED) is 0.577. The van der Waals surface area contributed by atoms with Crippen molar-refractivity contribution in [3.8, 4) is 0 Å². The number of carbonyl (C=O) groups is 1. The Labute approximate surface area is 120 Å². The number of rotatable bonds is 4. The first-order valence-corrected chi connectivity index (χ1v) is 7.06. The zero-order valence-corrected chi connectivity index (χ0v) is 11.7. The van der Waals surface area contributed by atoms with E-state index in [1.807, 2.05) is 30.3 Å². The van der Waals surface area contributed by atoms with Gasteiger partial charge in [-0.2, -0.15) is 0 Å². The number of thioether (sulfide) groups is 1. The Morgan fingerprint density at radius 3 is 2.50 bits per heavy atom. The summed E-state index contributed by atoms with van der Waals surface area (Å²) in [6.07, 6.45) is 0.755. The molecule has 0 bridgehead atoms. The second kappa shape index (κ2) is 6.28. The zero-order valence-electron chi connectivity index (χ0n) is 9.40. The molecule has 0 aromatic heterocycles. The second-order valence-corrected chi connectivity index (χ2v) is 5.54. The van der Waals surface area contributed by atoms with Gasteiger partial charge in [-0.25, -0.2) is 0 Å². The topological polar surface area (TPSA) is 17.1 Å². The summed E-state index contributed by atoms with van der Waals surface area (Å²) in [5.74, 6) is 0.774. The lowest BCUT2D eigenvalue weighted by molar-refractivity contribution is 0.112. The minimum atomic E-state index is 0.481. The molecule has 4 heteroatoms. The van der Waals surface area contributed by atoms with Crippen LogP contribution < -0.4 is 0 Å². The van der Waals surface area contributed by atoms with E-state index in [2.05, 4.69) is 0 Å². The van der Waals surface area contributed by atoms with Crippen LogP contribution in [0.25, 0.3) is 0 Å². The van der Waals surface area contributed by atoms with Gasteiger partial charge in [-0.05, 0) is 29.8 Å². The molecule has 2 rings (SSSR count). The van der Waals surface area contributed by atoms with Gasteiger partial charge < -0.3 is 0 Å². The highest BCUT2D eigenvalue weighted by molar-refractivity contribution is 7.98. The molecule has 0 radical (unpaired) electrons. The molecule has 0 unspecified atom stereocenters. The van der Waals surface area contributed by atoms with Crippen molar-refractivity contribution in [2.45, 2.75) is 10.6 Å². The fourth-order valence-electron chi connectivity index (χ4n) is 1.47. The number of benzene rings is 2. The van der Waals surface area contributed by atoms with Crippen LogP contribution in [-0.2, 0) is 5.75 Å². The van der Waals surface area contributed by atoms with Crippen molar-refractivity contribution in [2.24, 2.45) is 0 Å². The Bertz CT molecular complexity index is 569. The highest BCUT2D eigenvalue weighted by Crippen LogP contribution is 2.29. The van der Waals surface area contributed by atoms with Gasteiger partial charge in [-0.1, -0.05) is 41.4 Å². The molecule has 0 aliphatic rings. The predicted molar refractivity (Wildman–Crippen MR) is 77.9 cm³/mol. The molecule has 0 saturated carbocycles. The summed E-state index contributed by atoms with van der Waals surface area (Å²) in [5.41, 5.74) is 1.60. The normalized spacial score (nSPS) is 10.3. The highest BCUT2D eigenvalue weighted by Gasteiger charge is 2.03. The zero-order chi connectivity index (χ0) is 13.0. The van der Waals surface area contributed by atoms with Crippen LogP contribution in [-0.4, -0.2) is 6.29 Å². The number of hydrogen-bond acceptors (Lipinski definition) is 2. The predicted octanol–water partition coefficient (Wildman–Crippen LogP) is 5.10. The molecule has 0 N–H and O–H groups in total. The Morgan fingerprint density at radius 1 is 1.06 bits per heavy atom. The smallest absolute Gasteiger partial charge is 0.151 e. The Balaban J connectivity index is 2.09. The summed E-state index contributed by atoms with van der Waals surface area (Å²) in [5, 5.41) is 1.25. The van der Waals surface area contributed by atoms with E-state index in [0.717, 1.165) is 27.5 Å². The molecule has 0 fully saturated rings. The van der Waals surface area contributed by atoms with Crippen LogP contribution in [0.1, 0.15) is 15.9 Å². The van der Waals surface area contributed by atoms with Crippen molar-refractivity contribution in [3.63, 3.8) is 0 Å². The van der Waals surface area contributed by atoms with Crippen molar-refractivity contribution >= 4 is 41.2 Å². The average molecular weight is 297 g/mol. The van der Waals surface area contributed by atoms with Crippen molar-refractivity contribution in [2.75, 3.05) is 0 Å². The van der Waals surface area contributed by atoms with Gasteiger partial charge in [-0.15, -0.1) is 11.8 Å². The lowest BCUT2D eigenvalue weighted by atomic mass is 10.2. The first kappa shape index (κ1) is 13.5. The van der Waals surface area contributed by atoms with Crippen LogP contribution in [0.15, 0.2) is 47.4 Å². The number of aldehydes is 1. The third kappa shape index (κ3) is 3.29. The average Bonchev–Trinajstić information content (AvgIpc) is 2.38. The van der Waals surface area contributed by atoms with Gasteiger partial charge in [0.05, 0.1) is 5.02 Å². The molecule has 2 aromatic rings. The Hall–Kier alpha value is -0.960. The summed E-state index contributed by atoms with van der Waals surface area (Å²) in [6.45, 7) is 0. The molecule has 0 saturated heterocycles. The summed E-state index contributed by atoms with van der Waals surface area (Å²) in [4.78, 5) is 11.7. The first-order valence-electron chi connectivity index (χ1n) is 5.31. The summed E-state index contributed by atoms with van der Waals surface area (Å²) in [6, 6.07) is 13.2. The van der Waals surface area contributed by atoms with Gasteiger partial charge in [0.1, 0.15) is 0 Å². The third-order valence-corrected chi connectivity index (χ3v) is 4.19. The van der Waals surface area contributed by atoms with Crippen LogP contribution in [0.4, 0.5) is 0 Å². The van der Waals surface area contributed by atoms with E-state index in [1.54, 1.807) is 23.9 Å². The molecular weight excluding hydrogens is 287 g/mol. The van der Waals surface area contributed by atoms with E-state index in [4.69, 9.17) is 23.2 Å². The second-order valence-electron chi connectivity index (χ2n) is 3.68. The summed E-state index contributed by atoms with van der Waals surface area (Å²) < 4.78 is 0. The fraction of sp³-hybridized carbons (Fsp3) is 0.0714. The van der Waals surface area contributed by atoms with Crippen LogP contribution in [0.3, 0.4) is 0 Å². The number of halogens is 2. The molecule has 92 valence electrons. The molecule has 1 nitrogen and oxygen atoms in total. The van der Waals surface area contributed by atoms with Gasteiger partial charge >= 0.3 is 0 Å². The van der Waals surface area contributed by atoms with Crippen LogP contribution in [0.2, 0.25) is 10.0 Å². The monoisotopic (exact) mass is 296 g/mol. The number of carbonyl (C=O) groups excluding carboxylic acids is 1. The molecule has 0 aliphatic heterocycles. The maximum Gasteiger partial charge on any atom is 0.151 e. The van der Waals surface area contributed by atoms with E-state index >= 15 is 0 Å². The Morgan fingerprint density at radius 2 is 1.83 bits per heavy atom. The van der Waals surface area contributed by atoms with Gasteiger partial charge in [0, 0.05) is 21.2 Å². The minimum absolute atomic E-state index is 0.481. The molecule has 0 aliphatic carbocycles. The lowest BCUT2D eigenvalue weighted by Gasteiger charge is -2.05. The maximum absolute atomic E-state index is 10.7. The highest BCUT2D eigenvalue weighted by atomic mass is 35.5. The molecule has 0 heterocycles. The van der Waals surface area contributed by atoms with E-state index in [1.165, 1.54) is 0 Å². The van der Waals surface area contributed by atoms with E-state index in [-0.39, 0.29) is 0 Å². The van der Waals surface area contributed by atoms with E-state index in [0.29, 0.717) is 10.6 Å². The van der Waals surface area contributed by atoms with Gasteiger partial charge in [-0.3, -0.25) is 4.79 Å². The third-order valence-electron chi connectivity index (χ3n) is 2.45. The van der Waals surface area contributed by atoms with E-state index in [9.17, 15) is 4.79 Å². The van der Waals surface area contributed by atoms with Crippen LogP contribution >= 0.6 is 35.0 Å². The van der Waals surface area contributed by atoms with Crippen molar-refractivity contribution in [3.05, 3.63) is 63.6 Å². The van der Waals surface area contributed by atoms with Crippen molar-refractivity contribution < 1.29 is 4.79 Å². The standard InChI is InChI=1S/C14H10Cl2OS/c15-13-4-2-1-3-11(13)9-18-12-6-5-10(8-17)14(16)7-12/h1-8H,9H2. The van der Waals surface area contributed by atoms with Gasteiger partial charge in [0.2, 0.25) is 0 Å².